The molecule has 7 heteroatoms. The lowest BCUT2D eigenvalue weighted by Crippen LogP contribution is -2.46. The van der Waals surface area contributed by atoms with Gasteiger partial charge in [0, 0.05) is 18.0 Å². The van der Waals surface area contributed by atoms with Gasteiger partial charge in [0.05, 0.1) is 24.2 Å². The Morgan fingerprint density at radius 1 is 1.15 bits per heavy atom. The number of hydrogen-bond donors (Lipinski definition) is 3. The molecule has 1 saturated heterocycles. The van der Waals surface area contributed by atoms with E-state index in [9.17, 15) is 13.5 Å². The molecule has 3 unspecified atom stereocenters. The van der Waals surface area contributed by atoms with Crippen molar-refractivity contribution in [2.24, 2.45) is 16.3 Å². The zero-order chi connectivity index (χ0) is 18.6. The van der Waals surface area contributed by atoms with E-state index >= 15 is 0 Å². The Balaban J connectivity index is 1.60. The van der Waals surface area contributed by atoms with Crippen molar-refractivity contribution < 1.29 is 13.5 Å². The van der Waals surface area contributed by atoms with Gasteiger partial charge in [-0.05, 0) is 38.0 Å². The van der Waals surface area contributed by atoms with Crippen LogP contribution in [0, 0.1) is 11.3 Å². The summed E-state index contributed by atoms with van der Waals surface area (Å²) in [4.78, 5) is 4.82. The van der Waals surface area contributed by atoms with Gasteiger partial charge in [0.2, 0.25) is 0 Å². The average Bonchev–Trinajstić information content (AvgIpc) is 3.22. The van der Waals surface area contributed by atoms with E-state index in [2.05, 4.69) is 17.6 Å². The zero-order valence-corrected chi connectivity index (χ0v) is 16.9. The lowest BCUT2D eigenvalue weighted by Gasteiger charge is -2.37. The van der Waals surface area contributed by atoms with Crippen LogP contribution in [0.15, 0.2) is 4.99 Å². The van der Waals surface area contributed by atoms with Crippen molar-refractivity contribution in [2.45, 2.75) is 76.9 Å². The van der Waals surface area contributed by atoms with Gasteiger partial charge in [-0.25, -0.2) is 8.42 Å². The summed E-state index contributed by atoms with van der Waals surface area (Å²) in [6, 6.07) is 0.456. The first-order valence-corrected chi connectivity index (χ1v) is 12.1. The molecule has 26 heavy (non-hydrogen) atoms. The van der Waals surface area contributed by atoms with Gasteiger partial charge in [0.1, 0.15) is 0 Å². The van der Waals surface area contributed by atoms with E-state index < -0.39 is 9.84 Å². The van der Waals surface area contributed by atoms with Crippen molar-refractivity contribution in [1.82, 2.24) is 10.6 Å². The second-order valence-corrected chi connectivity index (χ2v) is 11.1. The number of aliphatic hydroxyl groups excluding tert-OH is 1. The Morgan fingerprint density at radius 2 is 1.88 bits per heavy atom. The van der Waals surface area contributed by atoms with Gasteiger partial charge in [-0.2, -0.15) is 0 Å². The van der Waals surface area contributed by atoms with Crippen LogP contribution in [-0.2, 0) is 9.84 Å². The molecule has 0 radical (unpaired) electrons. The SMILES string of the molecule is CC1(CN=C(NCC2CCS(=O)(=O)C2)NC2CCCC2)CCCCC1O. The molecule has 0 aromatic carbocycles. The summed E-state index contributed by atoms with van der Waals surface area (Å²) in [7, 11) is -2.85. The highest BCUT2D eigenvalue weighted by Crippen LogP contribution is 2.36. The number of hydrogen-bond acceptors (Lipinski definition) is 4. The molecule has 2 aliphatic carbocycles. The number of rotatable bonds is 5. The molecular weight excluding hydrogens is 350 g/mol. The molecule has 3 fully saturated rings. The fraction of sp³-hybridized carbons (Fsp3) is 0.947. The molecular formula is C19H35N3O3S. The van der Waals surface area contributed by atoms with Crippen molar-refractivity contribution in [3.8, 4) is 0 Å². The minimum atomic E-state index is -2.85. The van der Waals surface area contributed by atoms with E-state index in [0.29, 0.717) is 24.9 Å². The van der Waals surface area contributed by atoms with Crippen molar-refractivity contribution in [1.29, 1.82) is 0 Å². The van der Waals surface area contributed by atoms with Crippen LogP contribution in [0.5, 0.6) is 0 Å². The second kappa shape index (κ2) is 8.46. The van der Waals surface area contributed by atoms with Gasteiger partial charge in [0.15, 0.2) is 15.8 Å². The normalized spacial score (nSPS) is 35.5. The molecule has 3 atom stereocenters. The molecule has 0 aromatic rings. The predicted molar refractivity (Wildman–Crippen MR) is 105 cm³/mol. The maximum atomic E-state index is 11.7. The Labute approximate surface area is 158 Å². The van der Waals surface area contributed by atoms with Gasteiger partial charge in [-0.15, -0.1) is 0 Å². The number of nitrogens with one attached hydrogen (secondary N) is 2. The molecule has 2 saturated carbocycles. The third-order valence-electron chi connectivity index (χ3n) is 6.46. The molecule has 1 aliphatic heterocycles. The van der Waals surface area contributed by atoms with E-state index in [-0.39, 0.29) is 23.2 Å². The van der Waals surface area contributed by atoms with Gasteiger partial charge >= 0.3 is 0 Å². The van der Waals surface area contributed by atoms with Crippen molar-refractivity contribution >= 4 is 15.8 Å². The second-order valence-electron chi connectivity index (χ2n) is 8.86. The minimum absolute atomic E-state index is 0.154. The highest BCUT2D eigenvalue weighted by molar-refractivity contribution is 7.91. The molecule has 3 rings (SSSR count). The van der Waals surface area contributed by atoms with Gasteiger partial charge in [-0.3, -0.25) is 4.99 Å². The van der Waals surface area contributed by atoms with Crippen LogP contribution in [0.2, 0.25) is 0 Å². The fourth-order valence-corrected chi connectivity index (χ4v) is 6.38. The Hall–Kier alpha value is -0.820. The van der Waals surface area contributed by atoms with Crippen LogP contribution in [0.4, 0.5) is 0 Å². The molecule has 3 N–H and O–H groups in total. The fourth-order valence-electron chi connectivity index (χ4n) is 4.52. The summed E-state index contributed by atoms with van der Waals surface area (Å²) in [5.74, 6) is 1.56. The number of nitrogens with zero attached hydrogens (tertiary/aromatic N) is 1. The molecule has 0 amide bonds. The monoisotopic (exact) mass is 385 g/mol. The standard InChI is InChI=1S/C19H35N3O3S/c1-19(10-5-4-8-17(19)23)14-21-18(22-16-6-2-3-7-16)20-12-15-9-11-26(24,25)13-15/h15-17,23H,2-14H2,1H3,(H2,20,21,22). The molecule has 0 bridgehead atoms. The zero-order valence-electron chi connectivity index (χ0n) is 16.0. The molecule has 0 aromatic heterocycles. The van der Waals surface area contributed by atoms with Crippen LogP contribution in [0.1, 0.15) is 64.7 Å². The maximum Gasteiger partial charge on any atom is 0.191 e. The molecule has 6 nitrogen and oxygen atoms in total. The predicted octanol–water partition coefficient (Wildman–Crippen LogP) is 1.84. The largest absolute Gasteiger partial charge is 0.392 e. The Bertz CT molecular complexity index is 601. The van der Waals surface area contributed by atoms with Gasteiger partial charge in [0.25, 0.3) is 0 Å². The summed E-state index contributed by atoms with van der Waals surface area (Å²) in [5.41, 5.74) is -0.154. The average molecular weight is 386 g/mol. The quantitative estimate of drug-likeness (QED) is 0.496. The summed E-state index contributed by atoms with van der Waals surface area (Å²) in [6.07, 6.45) is 9.42. The van der Waals surface area contributed by atoms with Crippen LogP contribution >= 0.6 is 0 Å². The van der Waals surface area contributed by atoms with Crippen molar-refractivity contribution in [3.05, 3.63) is 0 Å². The van der Waals surface area contributed by atoms with E-state index in [1.165, 1.54) is 25.7 Å². The van der Waals surface area contributed by atoms with Crippen molar-refractivity contribution in [3.63, 3.8) is 0 Å². The van der Waals surface area contributed by atoms with E-state index in [0.717, 1.165) is 38.1 Å². The lowest BCUT2D eigenvalue weighted by molar-refractivity contribution is 0.00715. The Morgan fingerprint density at radius 3 is 2.54 bits per heavy atom. The van der Waals surface area contributed by atoms with Crippen molar-refractivity contribution in [2.75, 3.05) is 24.6 Å². The number of aliphatic imine (C=N–C) groups is 1. The topological polar surface area (TPSA) is 90.8 Å². The highest BCUT2D eigenvalue weighted by atomic mass is 32.2. The first-order valence-electron chi connectivity index (χ1n) is 10.3. The Kier molecular flexibility index (Phi) is 6.49. The molecule has 3 aliphatic rings. The lowest BCUT2D eigenvalue weighted by atomic mass is 9.73. The first-order chi connectivity index (χ1) is 12.4. The maximum absolute atomic E-state index is 11.7. The van der Waals surface area contributed by atoms with E-state index in [1.54, 1.807) is 0 Å². The van der Waals surface area contributed by atoms with E-state index in [4.69, 9.17) is 4.99 Å². The third kappa shape index (κ3) is 5.35. The third-order valence-corrected chi connectivity index (χ3v) is 8.30. The number of guanidine groups is 1. The first kappa shape index (κ1) is 19.9. The molecule has 1 heterocycles. The van der Waals surface area contributed by atoms with Gasteiger partial charge < -0.3 is 15.7 Å². The summed E-state index contributed by atoms with van der Waals surface area (Å²) in [5, 5.41) is 17.3. The number of aliphatic hydroxyl groups is 1. The van der Waals surface area contributed by atoms with Crippen LogP contribution in [0.25, 0.3) is 0 Å². The summed E-state index contributed by atoms with van der Waals surface area (Å²) in [6.45, 7) is 3.40. The summed E-state index contributed by atoms with van der Waals surface area (Å²) >= 11 is 0. The highest BCUT2D eigenvalue weighted by Gasteiger charge is 2.35. The van der Waals surface area contributed by atoms with Crippen LogP contribution in [-0.4, -0.2) is 56.2 Å². The van der Waals surface area contributed by atoms with E-state index in [1.807, 2.05) is 0 Å². The van der Waals surface area contributed by atoms with Crippen LogP contribution < -0.4 is 10.6 Å². The minimum Gasteiger partial charge on any atom is -0.392 e. The summed E-state index contributed by atoms with van der Waals surface area (Å²) < 4.78 is 23.3. The van der Waals surface area contributed by atoms with Crippen LogP contribution in [0.3, 0.4) is 0 Å². The number of sulfone groups is 1. The molecule has 0 spiro atoms. The van der Waals surface area contributed by atoms with Gasteiger partial charge in [-0.1, -0.05) is 32.6 Å². The smallest absolute Gasteiger partial charge is 0.191 e. The molecule has 150 valence electrons.